The van der Waals surface area contributed by atoms with Gasteiger partial charge in [-0.3, -0.25) is 0 Å². The minimum absolute atomic E-state index is 0.664. The molecule has 0 spiro atoms. The van der Waals surface area contributed by atoms with Gasteiger partial charge in [0.05, 0.1) is 5.57 Å². The molecule has 1 aliphatic heterocycles. The summed E-state index contributed by atoms with van der Waals surface area (Å²) in [6, 6.07) is -2.06. The highest BCUT2D eigenvalue weighted by atomic mass is 19.4. The van der Waals surface area contributed by atoms with Crippen LogP contribution in [0.1, 0.15) is 0 Å². The quantitative estimate of drug-likeness (QED) is 0.706. The standard InChI is InChI=1S/C8H8F3NO2/c1-12-4-2-3-5(7(13)14)6(12)8(9,10)11/h2-4,6H,1H3,(H,13,14). The molecule has 1 heterocycles. The Labute approximate surface area is 78.1 Å². The van der Waals surface area contributed by atoms with Crippen LogP contribution in [0.5, 0.6) is 0 Å². The summed E-state index contributed by atoms with van der Waals surface area (Å²) >= 11 is 0. The van der Waals surface area contributed by atoms with E-state index in [4.69, 9.17) is 5.11 Å². The summed E-state index contributed by atoms with van der Waals surface area (Å²) < 4.78 is 37.3. The number of likely N-dealkylation sites (N-methyl/N-ethyl adjacent to an activating group) is 1. The Morgan fingerprint density at radius 1 is 1.57 bits per heavy atom. The van der Waals surface area contributed by atoms with Crippen molar-refractivity contribution in [2.75, 3.05) is 7.05 Å². The molecular weight excluding hydrogens is 199 g/mol. The lowest BCUT2D eigenvalue weighted by molar-refractivity contribution is -0.169. The lowest BCUT2D eigenvalue weighted by atomic mass is 10.0. The fourth-order valence-corrected chi connectivity index (χ4v) is 1.27. The van der Waals surface area contributed by atoms with Crippen molar-refractivity contribution in [3.63, 3.8) is 0 Å². The molecule has 0 saturated carbocycles. The van der Waals surface area contributed by atoms with E-state index in [1.54, 1.807) is 0 Å². The minimum Gasteiger partial charge on any atom is -0.478 e. The van der Waals surface area contributed by atoms with Gasteiger partial charge in [-0.25, -0.2) is 4.79 Å². The third-order valence-electron chi connectivity index (χ3n) is 1.86. The summed E-state index contributed by atoms with van der Waals surface area (Å²) in [4.78, 5) is 11.4. The van der Waals surface area contributed by atoms with E-state index in [1.165, 1.54) is 19.3 Å². The first-order chi connectivity index (χ1) is 6.34. The summed E-state index contributed by atoms with van der Waals surface area (Å²) in [5, 5.41) is 8.56. The van der Waals surface area contributed by atoms with Crippen LogP contribution in [-0.2, 0) is 4.79 Å². The van der Waals surface area contributed by atoms with Gasteiger partial charge in [0.15, 0.2) is 6.04 Å². The highest BCUT2D eigenvalue weighted by Gasteiger charge is 2.46. The molecule has 6 heteroatoms. The van der Waals surface area contributed by atoms with E-state index in [0.29, 0.717) is 0 Å². The Morgan fingerprint density at radius 2 is 2.14 bits per heavy atom. The van der Waals surface area contributed by atoms with Crippen LogP contribution in [-0.4, -0.2) is 35.2 Å². The van der Waals surface area contributed by atoms with E-state index in [0.717, 1.165) is 11.0 Å². The Bertz CT molecular complexity index is 306. The van der Waals surface area contributed by atoms with Crippen molar-refractivity contribution in [1.29, 1.82) is 0 Å². The maximum absolute atomic E-state index is 12.4. The van der Waals surface area contributed by atoms with Crippen LogP contribution in [0.3, 0.4) is 0 Å². The van der Waals surface area contributed by atoms with Crippen LogP contribution < -0.4 is 0 Å². The molecule has 0 aromatic rings. The zero-order valence-corrected chi connectivity index (χ0v) is 7.25. The first-order valence-corrected chi connectivity index (χ1v) is 3.74. The lowest BCUT2D eigenvalue weighted by Gasteiger charge is -2.31. The number of carboxylic acids is 1. The predicted octanol–water partition coefficient (Wildman–Crippen LogP) is 1.39. The Hall–Kier alpha value is -1.46. The molecule has 14 heavy (non-hydrogen) atoms. The number of allylic oxidation sites excluding steroid dienone is 2. The molecule has 3 nitrogen and oxygen atoms in total. The zero-order chi connectivity index (χ0) is 10.9. The molecular formula is C8H8F3NO2. The maximum atomic E-state index is 12.4. The van der Waals surface area contributed by atoms with E-state index in [9.17, 15) is 18.0 Å². The lowest BCUT2D eigenvalue weighted by Crippen LogP contribution is -2.45. The third-order valence-corrected chi connectivity index (χ3v) is 1.86. The van der Waals surface area contributed by atoms with Crippen molar-refractivity contribution in [2.24, 2.45) is 0 Å². The number of aliphatic carboxylic acids is 1. The van der Waals surface area contributed by atoms with Crippen molar-refractivity contribution in [1.82, 2.24) is 4.90 Å². The number of nitrogens with zero attached hydrogens (tertiary/aromatic N) is 1. The van der Waals surface area contributed by atoms with Gasteiger partial charge in [-0.05, 0) is 18.4 Å². The Kier molecular flexibility index (Phi) is 2.55. The van der Waals surface area contributed by atoms with Crippen molar-refractivity contribution in [3.05, 3.63) is 23.9 Å². The topological polar surface area (TPSA) is 40.5 Å². The molecule has 0 bridgehead atoms. The molecule has 1 rings (SSSR count). The van der Waals surface area contributed by atoms with Gasteiger partial charge in [-0.1, -0.05) is 0 Å². The van der Waals surface area contributed by atoms with Crippen LogP contribution in [0.15, 0.2) is 23.9 Å². The van der Waals surface area contributed by atoms with Crippen molar-refractivity contribution in [3.8, 4) is 0 Å². The number of rotatable bonds is 1. The van der Waals surface area contributed by atoms with Crippen LogP contribution in [0.4, 0.5) is 13.2 Å². The summed E-state index contributed by atoms with van der Waals surface area (Å²) in [6.07, 6.45) is -1.17. The summed E-state index contributed by atoms with van der Waals surface area (Å²) in [5.74, 6) is -1.55. The highest BCUT2D eigenvalue weighted by molar-refractivity contribution is 5.89. The number of halogens is 3. The van der Waals surface area contributed by atoms with Crippen LogP contribution in [0, 0.1) is 0 Å². The first-order valence-electron chi connectivity index (χ1n) is 3.74. The van der Waals surface area contributed by atoms with Crippen LogP contribution in [0.2, 0.25) is 0 Å². The first kappa shape index (κ1) is 10.6. The van der Waals surface area contributed by atoms with E-state index < -0.39 is 23.8 Å². The largest absolute Gasteiger partial charge is 0.478 e. The van der Waals surface area contributed by atoms with E-state index in [2.05, 4.69) is 0 Å². The predicted molar refractivity (Wildman–Crippen MR) is 42.5 cm³/mol. The van der Waals surface area contributed by atoms with Gasteiger partial charge in [-0.15, -0.1) is 0 Å². The van der Waals surface area contributed by atoms with E-state index in [-0.39, 0.29) is 0 Å². The summed E-state index contributed by atoms with van der Waals surface area (Å²) in [7, 11) is 1.19. The SMILES string of the molecule is CN1C=CC=C(C(=O)O)C1C(F)(F)F. The second kappa shape index (κ2) is 3.36. The second-order valence-electron chi connectivity index (χ2n) is 2.88. The van der Waals surface area contributed by atoms with Gasteiger partial charge >= 0.3 is 12.1 Å². The molecule has 0 aromatic heterocycles. The second-order valence-corrected chi connectivity index (χ2v) is 2.88. The fraction of sp³-hybridized carbons (Fsp3) is 0.375. The van der Waals surface area contributed by atoms with E-state index >= 15 is 0 Å². The summed E-state index contributed by atoms with van der Waals surface area (Å²) in [6.45, 7) is 0. The number of alkyl halides is 3. The number of carbonyl (C=O) groups is 1. The maximum Gasteiger partial charge on any atom is 0.413 e. The number of hydrogen-bond acceptors (Lipinski definition) is 2. The molecule has 0 fully saturated rings. The normalized spacial score (nSPS) is 22.1. The monoisotopic (exact) mass is 207 g/mol. The van der Waals surface area contributed by atoms with Crippen LogP contribution >= 0.6 is 0 Å². The van der Waals surface area contributed by atoms with E-state index in [1.807, 2.05) is 0 Å². The molecule has 1 aliphatic rings. The van der Waals surface area contributed by atoms with Gasteiger partial charge in [-0.2, -0.15) is 13.2 Å². The van der Waals surface area contributed by atoms with Gasteiger partial charge in [0.25, 0.3) is 0 Å². The van der Waals surface area contributed by atoms with Crippen molar-refractivity contribution >= 4 is 5.97 Å². The van der Waals surface area contributed by atoms with Gasteiger partial charge in [0.2, 0.25) is 0 Å². The average molecular weight is 207 g/mol. The third kappa shape index (κ3) is 1.89. The number of carboxylic acid groups (broad SMARTS) is 1. The van der Waals surface area contributed by atoms with Crippen molar-refractivity contribution in [2.45, 2.75) is 12.2 Å². The van der Waals surface area contributed by atoms with Crippen LogP contribution in [0.25, 0.3) is 0 Å². The molecule has 0 aliphatic carbocycles. The van der Waals surface area contributed by atoms with Gasteiger partial charge < -0.3 is 10.0 Å². The number of hydrogen-bond donors (Lipinski definition) is 1. The fourth-order valence-electron chi connectivity index (χ4n) is 1.27. The molecule has 0 amide bonds. The van der Waals surface area contributed by atoms with Gasteiger partial charge in [0.1, 0.15) is 0 Å². The smallest absolute Gasteiger partial charge is 0.413 e. The molecule has 1 atom stereocenters. The average Bonchev–Trinajstić information content (AvgIpc) is 2.01. The molecule has 0 saturated heterocycles. The van der Waals surface area contributed by atoms with Gasteiger partial charge in [0, 0.05) is 7.05 Å². The highest BCUT2D eigenvalue weighted by Crippen LogP contribution is 2.31. The molecule has 0 radical (unpaired) electrons. The Balaban J connectivity index is 3.07. The minimum atomic E-state index is -4.58. The molecule has 1 N–H and O–H groups in total. The zero-order valence-electron chi connectivity index (χ0n) is 7.25. The molecule has 1 unspecified atom stereocenters. The molecule has 0 aromatic carbocycles. The summed E-state index contributed by atoms with van der Waals surface area (Å²) in [5.41, 5.74) is -0.664. The van der Waals surface area contributed by atoms with Crippen molar-refractivity contribution < 1.29 is 23.1 Å². The Morgan fingerprint density at radius 3 is 2.50 bits per heavy atom. The molecule has 78 valence electrons.